The van der Waals surface area contributed by atoms with Gasteiger partial charge in [-0.3, -0.25) is 4.40 Å². The Kier molecular flexibility index (Phi) is 3.47. The zero-order chi connectivity index (χ0) is 15.7. The summed E-state index contributed by atoms with van der Waals surface area (Å²) in [7, 11) is 0. The number of halogens is 1. The summed E-state index contributed by atoms with van der Waals surface area (Å²) < 4.78 is 15.2. The molecule has 1 N–H and O–H groups in total. The third-order valence-electron chi connectivity index (χ3n) is 3.37. The Balaban J connectivity index is 1.82. The zero-order valence-corrected chi connectivity index (χ0v) is 12.3. The molecule has 0 radical (unpaired) electrons. The number of nitriles is 1. The van der Waals surface area contributed by atoms with Crippen molar-refractivity contribution in [3.63, 3.8) is 0 Å². The van der Waals surface area contributed by atoms with E-state index in [1.165, 1.54) is 12.1 Å². The molecule has 1 aromatic carbocycles. The van der Waals surface area contributed by atoms with Crippen LogP contribution in [0.15, 0.2) is 30.5 Å². The number of fused-ring (bicyclic) bond motifs is 1. The fourth-order valence-corrected chi connectivity index (χ4v) is 2.32. The SMILES string of the molecule is Cc1cc(C)n2cc(CNc3ccc(F)c(C#N)c3)nc2n1. The van der Waals surface area contributed by atoms with Crippen LogP contribution in [-0.4, -0.2) is 14.4 Å². The molecule has 2 heterocycles. The Morgan fingerprint density at radius 3 is 2.86 bits per heavy atom. The van der Waals surface area contributed by atoms with Crippen LogP contribution in [0.1, 0.15) is 22.6 Å². The minimum Gasteiger partial charge on any atom is -0.379 e. The molecule has 0 aliphatic carbocycles. The highest BCUT2D eigenvalue weighted by molar-refractivity contribution is 5.50. The lowest BCUT2D eigenvalue weighted by atomic mass is 10.2. The predicted octanol–water partition coefficient (Wildman–Crippen LogP) is 2.97. The van der Waals surface area contributed by atoms with Gasteiger partial charge in [0.1, 0.15) is 11.9 Å². The molecular weight excluding hydrogens is 281 g/mol. The first kappa shape index (κ1) is 14.0. The van der Waals surface area contributed by atoms with Crippen molar-refractivity contribution in [1.29, 1.82) is 5.26 Å². The molecule has 110 valence electrons. The molecule has 0 saturated carbocycles. The highest BCUT2D eigenvalue weighted by atomic mass is 19.1. The average molecular weight is 295 g/mol. The largest absolute Gasteiger partial charge is 0.379 e. The van der Waals surface area contributed by atoms with Crippen molar-refractivity contribution >= 4 is 11.5 Å². The summed E-state index contributed by atoms with van der Waals surface area (Å²) in [5.74, 6) is 0.141. The zero-order valence-electron chi connectivity index (χ0n) is 12.3. The van der Waals surface area contributed by atoms with E-state index in [4.69, 9.17) is 5.26 Å². The van der Waals surface area contributed by atoms with Crippen LogP contribution in [0.5, 0.6) is 0 Å². The van der Waals surface area contributed by atoms with E-state index < -0.39 is 5.82 Å². The van der Waals surface area contributed by atoms with Gasteiger partial charge in [0, 0.05) is 23.3 Å². The van der Waals surface area contributed by atoms with Crippen LogP contribution in [0.2, 0.25) is 0 Å². The van der Waals surface area contributed by atoms with E-state index in [0.29, 0.717) is 18.0 Å². The van der Waals surface area contributed by atoms with Crippen molar-refractivity contribution in [3.05, 3.63) is 58.9 Å². The Morgan fingerprint density at radius 1 is 1.27 bits per heavy atom. The summed E-state index contributed by atoms with van der Waals surface area (Å²) in [5, 5.41) is 12.0. The Bertz CT molecular complexity index is 891. The van der Waals surface area contributed by atoms with Crippen LogP contribution in [0.3, 0.4) is 0 Å². The molecule has 2 aromatic heterocycles. The van der Waals surface area contributed by atoms with E-state index in [-0.39, 0.29) is 5.56 Å². The molecule has 3 rings (SSSR count). The van der Waals surface area contributed by atoms with E-state index in [1.54, 1.807) is 6.07 Å². The molecule has 5 nitrogen and oxygen atoms in total. The summed E-state index contributed by atoms with van der Waals surface area (Å²) in [4.78, 5) is 8.84. The fraction of sp³-hybridized carbons (Fsp3) is 0.188. The molecule has 22 heavy (non-hydrogen) atoms. The van der Waals surface area contributed by atoms with Gasteiger partial charge in [0.15, 0.2) is 0 Å². The van der Waals surface area contributed by atoms with Crippen LogP contribution < -0.4 is 5.32 Å². The van der Waals surface area contributed by atoms with Crippen molar-refractivity contribution in [2.45, 2.75) is 20.4 Å². The van der Waals surface area contributed by atoms with Gasteiger partial charge in [-0.05, 0) is 38.1 Å². The summed E-state index contributed by atoms with van der Waals surface area (Å²) in [6.45, 7) is 4.40. The van der Waals surface area contributed by atoms with Gasteiger partial charge in [0.2, 0.25) is 5.78 Å². The minimum absolute atomic E-state index is 0.0214. The maximum absolute atomic E-state index is 13.3. The van der Waals surface area contributed by atoms with Crippen molar-refractivity contribution in [1.82, 2.24) is 14.4 Å². The quantitative estimate of drug-likeness (QED) is 0.806. The number of aromatic nitrogens is 3. The van der Waals surface area contributed by atoms with Gasteiger partial charge in [-0.1, -0.05) is 0 Å². The number of benzene rings is 1. The highest BCUT2D eigenvalue weighted by Gasteiger charge is 2.07. The van der Waals surface area contributed by atoms with E-state index in [1.807, 2.05) is 36.6 Å². The molecule has 0 spiro atoms. The topological polar surface area (TPSA) is 66.0 Å². The fourth-order valence-electron chi connectivity index (χ4n) is 2.32. The average Bonchev–Trinajstić information content (AvgIpc) is 2.89. The number of imidazole rings is 1. The molecule has 0 atom stereocenters. The van der Waals surface area contributed by atoms with Gasteiger partial charge < -0.3 is 5.32 Å². The van der Waals surface area contributed by atoms with Crippen LogP contribution >= 0.6 is 0 Å². The Hall–Kier alpha value is -2.94. The van der Waals surface area contributed by atoms with Gasteiger partial charge in [0.25, 0.3) is 0 Å². The van der Waals surface area contributed by atoms with Crippen LogP contribution in [0.4, 0.5) is 10.1 Å². The number of anilines is 1. The second kappa shape index (κ2) is 5.45. The molecule has 0 bridgehead atoms. The molecule has 0 fully saturated rings. The van der Waals surface area contributed by atoms with E-state index in [9.17, 15) is 4.39 Å². The summed E-state index contributed by atoms with van der Waals surface area (Å²) in [6.07, 6.45) is 1.92. The first-order valence-electron chi connectivity index (χ1n) is 6.82. The van der Waals surface area contributed by atoms with Crippen LogP contribution in [-0.2, 0) is 6.54 Å². The molecule has 0 aliphatic rings. The van der Waals surface area contributed by atoms with Gasteiger partial charge >= 0.3 is 0 Å². The van der Waals surface area contributed by atoms with Gasteiger partial charge in [0.05, 0.1) is 17.8 Å². The molecule has 0 aliphatic heterocycles. The van der Waals surface area contributed by atoms with Gasteiger partial charge in [-0.15, -0.1) is 0 Å². The Morgan fingerprint density at radius 2 is 2.09 bits per heavy atom. The second-order valence-electron chi connectivity index (χ2n) is 5.10. The molecule has 0 amide bonds. The van der Waals surface area contributed by atoms with E-state index in [0.717, 1.165) is 17.1 Å². The lowest BCUT2D eigenvalue weighted by Crippen LogP contribution is -2.00. The smallest absolute Gasteiger partial charge is 0.234 e. The normalized spacial score (nSPS) is 10.6. The summed E-state index contributed by atoms with van der Waals surface area (Å²) >= 11 is 0. The molecule has 0 saturated heterocycles. The van der Waals surface area contributed by atoms with E-state index >= 15 is 0 Å². The van der Waals surface area contributed by atoms with Gasteiger partial charge in [-0.2, -0.15) is 5.26 Å². The second-order valence-corrected chi connectivity index (χ2v) is 5.10. The van der Waals surface area contributed by atoms with Crippen molar-refractivity contribution in [2.75, 3.05) is 5.32 Å². The minimum atomic E-state index is -0.518. The monoisotopic (exact) mass is 295 g/mol. The molecule has 0 unspecified atom stereocenters. The molecule has 3 aromatic rings. The summed E-state index contributed by atoms with van der Waals surface area (Å²) in [6, 6.07) is 8.17. The van der Waals surface area contributed by atoms with E-state index in [2.05, 4.69) is 15.3 Å². The predicted molar refractivity (Wildman–Crippen MR) is 80.9 cm³/mol. The number of hydrogen-bond acceptors (Lipinski definition) is 4. The third kappa shape index (κ3) is 2.61. The third-order valence-corrected chi connectivity index (χ3v) is 3.37. The van der Waals surface area contributed by atoms with Crippen LogP contribution in [0.25, 0.3) is 5.78 Å². The van der Waals surface area contributed by atoms with Crippen molar-refractivity contribution in [3.8, 4) is 6.07 Å². The lowest BCUT2D eigenvalue weighted by Gasteiger charge is -2.04. The van der Waals surface area contributed by atoms with Crippen molar-refractivity contribution < 1.29 is 4.39 Å². The summed E-state index contributed by atoms with van der Waals surface area (Å²) in [5.41, 5.74) is 3.51. The number of nitrogens with zero attached hydrogens (tertiary/aromatic N) is 4. The first-order valence-corrected chi connectivity index (χ1v) is 6.82. The number of nitrogens with one attached hydrogen (secondary N) is 1. The maximum atomic E-state index is 13.3. The Labute approximate surface area is 127 Å². The van der Waals surface area contributed by atoms with Gasteiger partial charge in [-0.25, -0.2) is 14.4 Å². The highest BCUT2D eigenvalue weighted by Crippen LogP contribution is 2.15. The number of aryl methyl sites for hydroxylation is 2. The maximum Gasteiger partial charge on any atom is 0.234 e. The number of hydrogen-bond donors (Lipinski definition) is 1. The standard InChI is InChI=1S/C16H14FN5/c1-10-5-11(2)22-9-14(21-16(22)20-10)8-19-13-3-4-15(17)12(6-13)7-18/h3-6,9,19H,8H2,1-2H3. The van der Waals surface area contributed by atoms with Crippen molar-refractivity contribution in [2.24, 2.45) is 0 Å². The van der Waals surface area contributed by atoms with Crippen LogP contribution in [0, 0.1) is 31.0 Å². The molecule has 6 heteroatoms. The lowest BCUT2D eigenvalue weighted by molar-refractivity contribution is 0.624. The number of rotatable bonds is 3. The first-order chi connectivity index (χ1) is 10.6. The molecular formula is C16H14FN5.